The van der Waals surface area contributed by atoms with E-state index in [9.17, 15) is 24.3 Å². The standard InChI is InChI=1S/C48H54N8O7/c1-27(2)41(53-47(59)62-4)45(57)55-19-5-7-39(55)43-49-35-15-13-33(25-37(35)51-43)31-11-9-30-24-32(12-10-29(30)23-31)34-14-16-36-38(26-34)52-44(50-36)40-8-6-20-56(40)46(58)42(54(3)48(60)61)28-17-21-63-22-18-28/h9-16,23-28,39-42H,5-8,17-22H2,1-4H3,(H,49,51)(H,50,52)(H,53,59)(H,60,61)/t39?,40-,41-,42-/m0/s1. The van der Waals surface area contributed by atoms with Crippen molar-refractivity contribution in [1.82, 2.24) is 40.0 Å². The van der Waals surface area contributed by atoms with Gasteiger partial charge in [-0.05, 0) is 120 Å². The number of ether oxygens (including phenoxy) is 2. The average Bonchev–Trinajstić information content (AvgIpc) is 4.13. The molecule has 0 radical (unpaired) electrons. The second kappa shape index (κ2) is 17.4. The normalized spacial score (nSPS) is 19.3. The fourth-order valence-corrected chi connectivity index (χ4v) is 9.85. The predicted molar refractivity (Wildman–Crippen MR) is 239 cm³/mol. The summed E-state index contributed by atoms with van der Waals surface area (Å²) < 4.78 is 10.3. The summed E-state index contributed by atoms with van der Waals surface area (Å²) in [6, 6.07) is 23.3. The molecule has 4 aromatic carbocycles. The summed E-state index contributed by atoms with van der Waals surface area (Å²) in [6.07, 6.45) is 2.74. The number of nitrogens with one attached hydrogen (secondary N) is 3. The third kappa shape index (κ3) is 8.17. The molecule has 3 aliphatic rings. The maximum Gasteiger partial charge on any atom is 0.407 e. The summed E-state index contributed by atoms with van der Waals surface area (Å²) in [5.41, 5.74) is 7.61. The fraction of sp³-hybridized carbons (Fsp3) is 0.417. The van der Waals surface area contributed by atoms with E-state index in [2.05, 4.69) is 75.9 Å². The number of hydrogen-bond donors (Lipinski definition) is 4. The predicted octanol–water partition coefficient (Wildman–Crippen LogP) is 8.04. The summed E-state index contributed by atoms with van der Waals surface area (Å²) in [5.74, 6) is 0.935. The second-order valence-corrected chi connectivity index (χ2v) is 17.5. The number of benzene rings is 4. The monoisotopic (exact) mass is 854 g/mol. The number of nitrogens with zero attached hydrogens (tertiary/aromatic N) is 5. The number of alkyl carbamates (subject to hydrolysis) is 1. The van der Waals surface area contributed by atoms with Gasteiger partial charge in [0.2, 0.25) is 11.8 Å². The van der Waals surface area contributed by atoms with Crippen molar-refractivity contribution in [1.29, 1.82) is 0 Å². The number of amides is 4. The Balaban J connectivity index is 0.919. The number of imidazole rings is 2. The smallest absolute Gasteiger partial charge is 0.407 e. The van der Waals surface area contributed by atoms with Crippen molar-refractivity contribution >= 4 is 56.8 Å². The highest BCUT2D eigenvalue weighted by Gasteiger charge is 2.42. The molecule has 63 heavy (non-hydrogen) atoms. The van der Waals surface area contributed by atoms with Gasteiger partial charge in [-0.25, -0.2) is 19.6 Å². The van der Waals surface area contributed by atoms with Gasteiger partial charge in [0.05, 0.1) is 41.3 Å². The highest BCUT2D eigenvalue weighted by Crippen LogP contribution is 2.37. The van der Waals surface area contributed by atoms with E-state index in [1.54, 1.807) is 0 Å². The number of fused-ring (bicyclic) bond motifs is 3. The van der Waals surface area contributed by atoms with E-state index in [0.717, 1.165) is 86.6 Å². The minimum absolute atomic E-state index is 0.0983. The van der Waals surface area contributed by atoms with Crippen LogP contribution in [0.1, 0.15) is 76.1 Å². The minimum Gasteiger partial charge on any atom is -0.465 e. The molecule has 1 unspecified atom stereocenters. The average molecular weight is 855 g/mol. The van der Waals surface area contributed by atoms with Gasteiger partial charge in [-0.15, -0.1) is 0 Å². The summed E-state index contributed by atoms with van der Waals surface area (Å²) in [4.78, 5) is 73.7. The Hall–Kier alpha value is -6.48. The number of aromatic nitrogens is 4. The Labute approximate surface area is 365 Å². The molecule has 4 amide bonds. The SMILES string of the molecule is COC(=O)N[C@H](C(=O)N1CCCC1c1nc2ccc(-c3ccc4cc(-c5ccc6nc([C@@H]7CCCN7C(=O)[C@H](C7CCOCC7)N(C)C(=O)O)[nH]c6c5)ccc4c3)cc2[nH]1)C(C)C. The summed E-state index contributed by atoms with van der Waals surface area (Å²) in [5, 5.41) is 14.8. The van der Waals surface area contributed by atoms with Gasteiger partial charge in [0.1, 0.15) is 23.7 Å². The molecule has 3 aliphatic heterocycles. The topological polar surface area (TPSA) is 186 Å². The zero-order valence-electron chi connectivity index (χ0n) is 36.1. The first-order chi connectivity index (χ1) is 30.5. The molecular formula is C48H54N8O7. The summed E-state index contributed by atoms with van der Waals surface area (Å²) >= 11 is 0. The Morgan fingerprint density at radius 2 is 1.24 bits per heavy atom. The van der Waals surface area contributed by atoms with Gasteiger partial charge in [-0.3, -0.25) is 14.5 Å². The van der Waals surface area contributed by atoms with Crippen LogP contribution in [-0.4, -0.2) is 116 Å². The molecular weight excluding hydrogens is 801 g/mol. The highest BCUT2D eigenvalue weighted by atomic mass is 16.5. The molecule has 5 heterocycles. The van der Waals surface area contributed by atoms with Crippen LogP contribution in [0.25, 0.3) is 55.1 Å². The molecule has 15 heteroatoms. The largest absolute Gasteiger partial charge is 0.465 e. The van der Waals surface area contributed by atoms with Crippen LogP contribution in [0.2, 0.25) is 0 Å². The molecule has 6 aromatic rings. The van der Waals surface area contributed by atoms with E-state index in [0.29, 0.717) is 45.0 Å². The van der Waals surface area contributed by atoms with Crippen molar-refractivity contribution in [3.8, 4) is 22.3 Å². The maximum atomic E-state index is 14.1. The number of hydrogen-bond acceptors (Lipinski definition) is 8. The van der Waals surface area contributed by atoms with Crippen LogP contribution < -0.4 is 5.32 Å². The van der Waals surface area contributed by atoms with Crippen molar-refractivity contribution in [3.63, 3.8) is 0 Å². The lowest BCUT2D eigenvalue weighted by Crippen LogP contribution is -2.53. The van der Waals surface area contributed by atoms with Crippen molar-refractivity contribution < 1.29 is 33.8 Å². The molecule has 328 valence electrons. The maximum absolute atomic E-state index is 14.1. The zero-order chi connectivity index (χ0) is 43.9. The number of carboxylic acid groups (broad SMARTS) is 1. The van der Waals surface area contributed by atoms with Crippen molar-refractivity contribution in [2.24, 2.45) is 11.8 Å². The number of H-pyrrole nitrogens is 2. The lowest BCUT2D eigenvalue weighted by molar-refractivity contribution is -0.140. The zero-order valence-corrected chi connectivity index (χ0v) is 36.1. The van der Waals surface area contributed by atoms with Gasteiger partial charge in [-0.1, -0.05) is 50.2 Å². The lowest BCUT2D eigenvalue weighted by atomic mass is 9.89. The first-order valence-electron chi connectivity index (χ1n) is 22.0. The molecule has 0 spiro atoms. The Bertz CT molecular complexity index is 2700. The third-order valence-corrected chi connectivity index (χ3v) is 13.3. The van der Waals surface area contributed by atoms with Gasteiger partial charge < -0.3 is 39.7 Å². The number of aromatic amines is 2. The first-order valence-corrected chi connectivity index (χ1v) is 22.0. The van der Waals surface area contributed by atoms with E-state index in [4.69, 9.17) is 19.4 Å². The van der Waals surface area contributed by atoms with Gasteiger partial charge in [0, 0.05) is 33.4 Å². The van der Waals surface area contributed by atoms with E-state index >= 15 is 0 Å². The number of carbonyl (C=O) groups is 4. The van der Waals surface area contributed by atoms with Crippen molar-refractivity contribution in [2.75, 3.05) is 40.5 Å². The summed E-state index contributed by atoms with van der Waals surface area (Å²) in [6.45, 7) is 6.00. The molecule has 15 nitrogen and oxygen atoms in total. The number of rotatable bonds is 10. The molecule has 3 fully saturated rings. The van der Waals surface area contributed by atoms with Crippen LogP contribution in [0, 0.1) is 11.8 Å². The molecule has 0 bridgehead atoms. The molecule has 0 saturated carbocycles. The fourth-order valence-electron chi connectivity index (χ4n) is 9.85. The Morgan fingerprint density at radius 1 is 0.746 bits per heavy atom. The highest BCUT2D eigenvalue weighted by molar-refractivity contribution is 5.93. The van der Waals surface area contributed by atoms with E-state index in [1.165, 1.54) is 19.1 Å². The van der Waals surface area contributed by atoms with Gasteiger partial charge in [-0.2, -0.15) is 0 Å². The molecule has 9 rings (SSSR count). The van der Waals surface area contributed by atoms with Crippen molar-refractivity contribution in [3.05, 3.63) is 84.4 Å². The lowest BCUT2D eigenvalue weighted by Gasteiger charge is -2.37. The van der Waals surface area contributed by atoms with E-state index in [1.807, 2.05) is 35.8 Å². The van der Waals surface area contributed by atoms with Crippen LogP contribution in [0.15, 0.2) is 72.8 Å². The van der Waals surface area contributed by atoms with Crippen LogP contribution in [0.3, 0.4) is 0 Å². The minimum atomic E-state index is -1.11. The van der Waals surface area contributed by atoms with Crippen LogP contribution in [0.5, 0.6) is 0 Å². The number of likely N-dealkylation sites (N-methyl/N-ethyl adjacent to an activating group) is 1. The number of carbonyl (C=O) groups excluding carboxylic acids is 3. The molecule has 4 N–H and O–H groups in total. The molecule has 4 atom stereocenters. The van der Waals surface area contributed by atoms with Crippen molar-refractivity contribution in [2.45, 2.75) is 76.5 Å². The first kappa shape index (κ1) is 41.9. The second-order valence-electron chi connectivity index (χ2n) is 17.5. The Kier molecular flexibility index (Phi) is 11.5. The van der Waals surface area contributed by atoms with E-state index < -0.39 is 24.3 Å². The van der Waals surface area contributed by atoms with Gasteiger partial charge in [0.25, 0.3) is 0 Å². The molecule has 3 saturated heterocycles. The van der Waals surface area contributed by atoms with Gasteiger partial charge >= 0.3 is 12.2 Å². The Morgan fingerprint density at radius 3 is 1.73 bits per heavy atom. The third-order valence-electron chi connectivity index (χ3n) is 13.3. The number of methoxy groups -OCH3 is 1. The van der Waals surface area contributed by atoms with Gasteiger partial charge in [0.15, 0.2) is 0 Å². The van der Waals surface area contributed by atoms with Crippen LogP contribution >= 0.6 is 0 Å². The van der Waals surface area contributed by atoms with Crippen LogP contribution in [-0.2, 0) is 19.1 Å². The van der Waals surface area contributed by atoms with E-state index in [-0.39, 0.29) is 35.7 Å². The molecule has 2 aromatic heterocycles. The number of likely N-dealkylation sites (tertiary alicyclic amines) is 2. The summed E-state index contributed by atoms with van der Waals surface area (Å²) in [7, 11) is 2.79. The molecule has 0 aliphatic carbocycles. The van der Waals surface area contributed by atoms with Crippen LogP contribution in [0.4, 0.5) is 9.59 Å². The quantitative estimate of drug-likeness (QED) is 0.106.